The van der Waals surface area contributed by atoms with Crippen LogP contribution >= 0.6 is 23.5 Å². The number of thioether (sulfide) groups is 2. The first kappa shape index (κ1) is 19.7. The van der Waals surface area contributed by atoms with Crippen LogP contribution in [0.15, 0.2) is 46.5 Å². The van der Waals surface area contributed by atoms with Gasteiger partial charge in [-0.1, -0.05) is 18.7 Å². The Labute approximate surface area is 166 Å². The summed E-state index contributed by atoms with van der Waals surface area (Å²) in [4.78, 5) is 21.4. The number of nitrogens with two attached hydrogens (primary N) is 1. The van der Waals surface area contributed by atoms with Gasteiger partial charge in [0.05, 0.1) is 11.1 Å². The molecule has 3 N–H and O–H groups in total. The highest BCUT2D eigenvalue weighted by atomic mass is 32.2. The van der Waals surface area contributed by atoms with Crippen LogP contribution in [0.3, 0.4) is 0 Å². The Hall–Kier alpha value is -2.06. The van der Waals surface area contributed by atoms with Gasteiger partial charge in [-0.25, -0.2) is 9.37 Å². The minimum atomic E-state index is -0.738. The number of nitrogens with one attached hydrogen (secondary N) is 1. The first-order valence-corrected chi connectivity index (χ1v) is 10.6. The Kier molecular flexibility index (Phi) is 6.06. The Morgan fingerprint density at radius 2 is 2.26 bits per heavy atom. The number of benzene rings is 1. The summed E-state index contributed by atoms with van der Waals surface area (Å²) >= 11 is 2.97. The molecule has 1 amide bonds. The average Bonchev–Trinajstić information content (AvgIpc) is 2.63. The highest BCUT2D eigenvalue weighted by Crippen LogP contribution is 2.37. The molecule has 1 aromatic heterocycles. The quantitative estimate of drug-likeness (QED) is 0.728. The van der Waals surface area contributed by atoms with Gasteiger partial charge >= 0.3 is 0 Å². The van der Waals surface area contributed by atoms with E-state index in [4.69, 9.17) is 5.73 Å². The van der Waals surface area contributed by atoms with Crippen LogP contribution in [-0.2, 0) is 5.54 Å². The molecule has 2 aromatic rings. The molecule has 27 heavy (non-hydrogen) atoms. The summed E-state index contributed by atoms with van der Waals surface area (Å²) in [6.07, 6.45) is 2.34. The monoisotopic (exact) mass is 404 g/mol. The van der Waals surface area contributed by atoms with Crippen molar-refractivity contribution in [2.24, 2.45) is 10.7 Å². The predicted octanol–water partition coefficient (Wildman–Crippen LogP) is 4.25. The molecule has 1 aromatic carbocycles. The molecule has 1 aliphatic heterocycles. The zero-order valence-corrected chi connectivity index (χ0v) is 16.8. The van der Waals surface area contributed by atoms with Crippen LogP contribution in [0.1, 0.15) is 36.2 Å². The van der Waals surface area contributed by atoms with Crippen LogP contribution in [0, 0.1) is 5.82 Å². The van der Waals surface area contributed by atoms with E-state index in [0.29, 0.717) is 33.4 Å². The molecule has 8 heteroatoms. The van der Waals surface area contributed by atoms with Gasteiger partial charge in [0, 0.05) is 23.2 Å². The second-order valence-corrected chi connectivity index (χ2v) is 8.63. The van der Waals surface area contributed by atoms with E-state index < -0.39 is 5.54 Å². The Bertz CT molecular complexity index is 890. The third-order valence-electron chi connectivity index (χ3n) is 4.30. The van der Waals surface area contributed by atoms with E-state index in [1.54, 1.807) is 30.5 Å². The maximum Gasteiger partial charge on any atom is 0.258 e. The third-order valence-corrected chi connectivity index (χ3v) is 5.98. The van der Waals surface area contributed by atoms with Gasteiger partial charge < -0.3 is 11.1 Å². The number of hydrogen-bond donors (Lipinski definition) is 2. The maximum absolute atomic E-state index is 14.5. The summed E-state index contributed by atoms with van der Waals surface area (Å²) in [5, 5.41) is 3.98. The average molecular weight is 405 g/mol. The van der Waals surface area contributed by atoms with E-state index in [-0.39, 0.29) is 11.7 Å². The molecule has 0 spiro atoms. The highest BCUT2D eigenvalue weighted by molar-refractivity contribution is 8.13. The Balaban J connectivity index is 1.89. The van der Waals surface area contributed by atoms with E-state index in [1.807, 2.05) is 13.8 Å². The van der Waals surface area contributed by atoms with Gasteiger partial charge in [0.1, 0.15) is 10.8 Å². The smallest absolute Gasteiger partial charge is 0.258 e. The molecule has 0 fully saturated rings. The molecule has 1 aliphatic rings. The number of carbonyl (C=O) groups excluding carboxylic acids is 1. The lowest BCUT2D eigenvalue weighted by Crippen LogP contribution is -2.29. The molecule has 0 bridgehead atoms. The van der Waals surface area contributed by atoms with E-state index in [0.717, 1.165) is 11.5 Å². The molecular formula is C19H21FN4OS2. The number of aromatic nitrogens is 1. The largest absolute Gasteiger partial charge is 0.379 e. The number of carbonyl (C=O) groups is 1. The number of pyridine rings is 1. The van der Waals surface area contributed by atoms with Crippen LogP contribution in [0.4, 0.5) is 10.1 Å². The molecule has 0 radical (unpaired) electrons. The second kappa shape index (κ2) is 8.31. The van der Waals surface area contributed by atoms with Crippen molar-refractivity contribution in [3.8, 4) is 0 Å². The van der Waals surface area contributed by atoms with Crippen LogP contribution in [-0.4, -0.2) is 27.6 Å². The number of anilines is 1. The van der Waals surface area contributed by atoms with Gasteiger partial charge in [-0.3, -0.25) is 9.79 Å². The van der Waals surface area contributed by atoms with Gasteiger partial charge in [0.2, 0.25) is 0 Å². The van der Waals surface area contributed by atoms with E-state index >= 15 is 0 Å². The van der Waals surface area contributed by atoms with Crippen molar-refractivity contribution in [2.75, 3.05) is 16.8 Å². The van der Waals surface area contributed by atoms with Crippen LogP contribution in [0.2, 0.25) is 0 Å². The topological polar surface area (TPSA) is 80.4 Å². The predicted molar refractivity (Wildman–Crippen MR) is 111 cm³/mol. The van der Waals surface area contributed by atoms with Crippen molar-refractivity contribution >= 4 is 40.3 Å². The molecule has 0 saturated heterocycles. The van der Waals surface area contributed by atoms with Gasteiger partial charge in [-0.05, 0) is 49.4 Å². The number of amides is 1. The SMILES string of the molecule is CCSc1ncccc1C(=O)Nc1ccc(F)c(C2(C)CCSC(N)=N2)c1. The maximum atomic E-state index is 14.5. The molecule has 5 nitrogen and oxygen atoms in total. The normalized spacial score (nSPS) is 19.4. The molecule has 0 aliphatic carbocycles. The molecular weight excluding hydrogens is 383 g/mol. The first-order valence-electron chi connectivity index (χ1n) is 8.60. The zero-order chi connectivity index (χ0) is 19.4. The molecule has 2 heterocycles. The number of hydrogen-bond acceptors (Lipinski definition) is 6. The number of aliphatic imine (C=N–C) groups is 1. The van der Waals surface area contributed by atoms with Crippen LogP contribution in [0.5, 0.6) is 0 Å². The lowest BCUT2D eigenvalue weighted by molar-refractivity contribution is 0.102. The van der Waals surface area contributed by atoms with Crippen LogP contribution < -0.4 is 11.1 Å². The fourth-order valence-corrected chi connectivity index (χ4v) is 4.61. The van der Waals surface area contributed by atoms with Gasteiger partial charge in [-0.2, -0.15) is 0 Å². The van der Waals surface area contributed by atoms with Crippen molar-refractivity contribution in [2.45, 2.75) is 30.8 Å². The standard InChI is InChI=1S/C19H21FN4OS2/c1-3-26-17-13(5-4-9-22-17)16(25)23-12-6-7-15(20)14(11-12)19(2)8-10-27-18(21)24-19/h4-7,9,11H,3,8,10H2,1-2H3,(H2,21,24)(H,23,25). The molecule has 0 saturated carbocycles. The van der Waals surface area contributed by atoms with Crippen molar-refractivity contribution in [1.29, 1.82) is 0 Å². The summed E-state index contributed by atoms with van der Waals surface area (Å²) in [6.45, 7) is 3.86. The van der Waals surface area contributed by atoms with E-state index in [9.17, 15) is 9.18 Å². The molecule has 3 rings (SSSR count). The summed E-state index contributed by atoms with van der Waals surface area (Å²) in [6, 6.07) is 8.00. The number of nitrogens with zero attached hydrogens (tertiary/aromatic N) is 2. The summed E-state index contributed by atoms with van der Waals surface area (Å²) in [5.74, 6) is 0.953. The van der Waals surface area contributed by atoms with Gasteiger partial charge in [-0.15, -0.1) is 11.8 Å². The lowest BCUT2D eigenvalue weighted by atomic mass is 9.89. The lowest BCUT2D eigenvalue weighted by Gasteiger charge is -2.30. The first-order chi connectivity index (χ1) is 12.9. The van der Waals surface area contributed by atoms with Crippen LogP contribution in [0.25, 0.3) is 0 Å². The highest BCUT2D eigenvalue weighted by Gasteiger charge is 2.32. The van der Waals surface area contributed by atoms with Crippen molar-refractivity contribution in [3.63, 3.8) is 0 Å². The minimum absolute atomic E-state index is 0.274. The van der Waals surface area contributed by atoms with Crippen molar-refractivity contribution in [3.05, 3.63) is 53.5 Å². The summed E-state index contributed by atoms with van der Waals surface area (Å²) in [5.41, 5.74) is 6.55. The Morgan fingerprint density at radius 3 is 3.00 bits per heavy atom. The van der Waals surface area contributed by atoms with E-state index in [1.165, 1.54) is 29.6 Å². The zero-order valence-electron chi connectivity index (χ0n) is 15.2. The summed E-state index contributed by atoms with van der Waals surface area (Å²) < 4.78 is 14.5. The van der Waals surface area contributed by atoms with Crippen molar-refractivity contribution < 1.29 is 9.18 Å². The van der Waals surface area contributed by atoms with Gasteiger partial charge in [0.15, 0.2) is 5.17 Å². The number of rotatable bonds is 5. The van der Waals surface area contributed by atoms with E-state index in [2.05, 4.69) is 15.3 Å². The number of amidine groups is 1. The fraction of sp³-hybridized carbons (Fsp3) is 0.316. The van der Waals surface area contributed by atoms with Crippen molar-refractivity contribution in [1.82, 2.24) is 4.98 Å². The Morgan fingerprint density at radius 1 is 1.44 bits per heavy atom. The van der Waals surface area contributed by atoms with Gasteiger partial charge in [0.25, 0.3) is 5.91 Å². The second-order valence-electron chi connectivity index (χ2n) is 6.26. The minimum Gasteiger partial charge on any atom is -0.379 e. The number of halogens is 1. The molecule has 142 valence electrons. The molecule has 1 atom stereocenters. The third kappa shape index (κ3) is 4.44. The molecule has 1 unspecified atom stereocenters. The summed E-state index contributed by atoms with van der Waals surface area (Å²) in [7, 11) is 0. The fourth-order valence-electron chi connectivity index (χ4n) is 2.91.